The molecular formula is C8H9NO2S. The second-order valence-corrected chi connectivity index (χ2v) is 3.88. The summed E-state index contributed by atoms with van der Waals surface area (Å²) < 4.78 is 0. The molecule has 1 aliphatic rings. The van der Waals surface area contributed by atoms with Crippen LogP contribution in [0.5, 0.6) is 0 Å². The zero-order chi connectivity index (χ0) is 8.55. The predicted octanol–water partition coefficient (Wildman–Crippen LogP) is 1.50. The minimum Gasteiger partial charge on any atom is -0.477 e. The number of fused-ring (bicyclic) bond motifs is 1. The average molecular weight is 183 g/mol. The number of hydrogen-bond acceptors (Lipinski definition) is 2. The van der Waals surface area contributed by atoms with Gasteiger partial charge in [0.25, 0.3) is 0 Å². The summed E-state index contributed by atoms with van der Waals surface area (Å²) in [6.07, 6.45) is 2.69. The first-order chi connectivity index (χ1) is 5.79. The fraction of sp³-hybridized carbons (Fsp3) is 0.375. The molecule has 1 aromatic heterocycles. The Morgan fingerprint density at radius 1 is 1.67 bits per heavy atom. The number of carboxylic acids is 1. The maximum atomic E-state index is 10.7. The molecule has 0 fully saturated rings. The van der Waals surface area contributed by atoms with Crippen LogP contribution in [0.4, 0.5) is 0 Å². The Kier molecular flexibility index (Phi) is 1.84. The topological polar surface area (TPSA) is 53.1 Å². The lowest BCUT2D eigenvalue weighted by Gasteiger charge is -2.10. The largest absolute Gasteiger partial charge is 0.477 e. The van der Waals surface area contributed by atoms with Crippen molar-refractivity contribution in [3.8, 4) is 0 Å². The van der Waals surface area contributed by atoms with Gasteiger partial charge in [0.05, 0.1) is 0 Å². The highest BCUT2D eigenvalue weighted by Gasteiger charge is 2.18. The molecule has 0 amide bonds. The van der Waals surface area contributed by atoms with Crippen molar-refractivity contribution in [2.45, 2.75) is 12.2 Å². The Hall–Kier alpha value is -0.900. The fourth-order valence-electron chi connectivity index (χ4n) is 1.46. The number of aromatic amines is 1. The highest BCUT2D eigenvalue weighted by Crippen LogP contribution is 2.26. The SMILES string of the molecule is O=C(O)c1[nH]cc2c1CCSC2. The number of carbonyl (C=O) groups is 1. The lowest BCUT2D eigenvalue weighted by atomic mass is 10.1. The van der Waals surface area contributed by atoms with E-state index in [4.69, 9.17) is 5.11 Å². The maximum Gasteiger partial charge on any atom is 0.352 e. The van der Waals surface area contributed by atoms with E-state index in [2.05, 4.69) is 4.98 Å². The first-order valence-electron chi connectivity index (χ1n) is 3.79. The monoisotopic (exact) mass is 183 g/mol. The summed E-state index contributed by atoms with van der Waals surface area (Å²) in [6.45, 7) is 0. The van der Waals surface area contributed by atoms with Crippen LogP contribution in [0.25, 0.3) is 0 Å². The summed E-state index contributed by atoms with van der Waals surface area (Å²) in [6, 6.07) is 0. The van der Waals surface area contributed by atoms with Gasteiger partial charge >= 0.3 is 5.97 Å². The van der Waals surface area contributed by atoms with Crippen LogP contribution in [0, 0.1) is 0 Å². The van der Waals surface area contributed by atoms with Gasteiger partial charge in [-0.15, -0.1) is 0 Å². The van der Waals surface area contributed by atoms with Gasteiger partial charge in [-0.05, 0) is 23.3 Å². The summed E-state index contributed by atoms with van der Waals surface area (Å²) >= 11 is 1.85. The van der Waals surface area contributed by atoms with Crippen LogP contribution in [0.3, 0.4) is 0 Å². The van der Waals surface area contributed by atoms with Crippen LogP contribution in [-0.4, -0.2) is 21.8 Å². The normalized spacial score (nSPS) is 15.7. The van der Waals surface area contributed by atoms with Crippen LogP contribution < -0.4 is 0 Å². The van der Waals surface area contributed by atoms with Gasteiger partial charge in [0, 0.05) is 11.9 Å². The summed E-state index contributed by atoms with van der Waals surface area (Å²) in [5.74, 6) is 1.13. The molecule has 0 unspecified atom stereocenters. The summed E-state index contributed by atoms with van der Waals surface area (Å²) in [5, 5.41) is 8.79. The van der Waals surface area contributed by atoms with E-state index >= 15 is 0 Å². The number of thioether (sulfide) groups is 1. The van der Waals surface area contributed by atoms with E-state index in [1.165, 1.54) is 0 Å². The molecular weight excluding hydrogens is 174 g/mol. The van der Waals surface area contributed by atoms with Crippen molar-refractivity contribution in [3.63, 3.8) is 0 Å². The Bertz CT molecular complexity index is 319. The first-order valence-corrected chi connectivity index (χ1v) is 4.94. The Labute approximate surface area is 74.2 Å². The van der Waals surface area contributed by atoms with Crippen LogP contribution in [0.1, 0.15) is 21.6 Å². The standard InChI is InChI=1S/C8H9NO2S/c10-8(11)7-6-1-2-12-4-5(6)3-9-7/h3,9H,1-2,4H2,(H,10,11). The molecule has 0 saturated heterocycles. The van der Waals surface area contributed by atoms with E-state index < -0.39 is 5.97 Å². The van der Waals surface area contributed by atoms with Gasteiger partial charge in [-0.2, -0.15) is 11.8 Å². The number of hydrogen-bond donors (Lipinski definition) is 2. The van der Waals surface area contributed by atoms with Crippen molar-refractivity contribution >= 4 is 17.7 Å². The van der Waals surface area contributed by atoms with Gasteiger partial charge in [-0.25, -0.2) is 4.79 Å². The van der Waals surface area contributed by atoms with Crippen molar-refractivity contribution in [3.05, 3.63) is 23.0 Å². The molecule has 64 valence electrons. The van der Waals surface area contributed by atoms with Crippen molar-refractivity contribution in [2.24, 2.45) is 0 Å². The number of H-pyrrole nitrogens is 1. The molecule has 2 rings (SSSR count). The molecule has 1 aliphatic heterocycles. The fourth-order valence-corrected chi connectivity index (χ4v) is 2.43. The predicted molar refractivity (Wildman–Crippen MR) is 47.6 cm³/mol. The summed E-state index contributed by atoms with van der Waals surface area (Å²) in [7, 11) is 0. The quantitative estimate of drug-likeness (QED) is 0.693. The number of aromatic carboxylic acids is 1. The first kappa shape index (κ1) is 7.73. The molecule has 0 bridgehead atoms. The zero-order valence-corrected chi connectivity index (χ0v) is 7.28. The third kappa shape index (κ3) is 1.12. The molecule has 0 spiro atoms. The Morgan fingerprint density at radius 2 is 2.50 bits per heavy atom. The van der Waals surface area contributed by atoms with E-state index in [0.717, 1.165) is 29.1 Å². The Morgan fingerprint density at radius 3 is 3.25 bits per heavy atom. The summed E-state index contributed by atoms with van der Waals surface area (Å²) in [5.41, 5.74) is 2.54. The number of aromatic nitrogens is 1. The third-order valence-corrected chi connectivity index (χ3v) is 3.06. The lowest BCUT2D eigenvalue weighted by Crippen LogP contribution is -2.06. The maximum absolute atomic E-state index is 10.7. The lowest BCUT2D eigenvalue weighted by molar-refractivity contribution is 0.0690. The minimum atomic E-state index is -0.844. The van der Waals surface area contributed by atoms with Gasteiger partial charge in [0.2, 0.25) is 0 Å². The number of rotatable bonds is 1. The zero-order valence-electron chi connectivity index (χ0n) is 6.46. The molecule has 3 nitrogen and oxygen atoms in total. The molecule has 0 radical (unpaired) electrons. The smallest absolute Gasteiger partial charge is 0.352 e. The van der Waals surface area contributed by atoms with Crippen molar-refractivity contribution in [2.75, 3.05) is 5.75 Å². The van der Waals surface area contributed by atoms with E-state index in [0.29, 0.717) is 5.69 Å². The van der Waals surface area contributed by atoms with Crippen LogP contribution in [0.15, 0.2) is 6.20 Å². The van der Waals surface area contributed by atoms with Crippen molar-refractivity contribution < 1.29 is 9.90 Å². The molecule has 0 saturated carbocycles. The molecule has 2 heterocycles. The van der Waals surface area contributed by atoms with Crippen LogP contribution >= 0.6 is 11.8 Å². The molecule has 4 heteroatoms. The van der Waals surface area contributed by atoms with E-state index in [1.54, 1.807) is 0 Å². The molecule has 1 aromatic rings. The highest BCUT2D eigenvalue weighted by molar-refractivity contribution is 7.98. The number of carboxylic acid groups (broad SMARTS) is 1. The molecule has 12 heavy (non-hydrogen) atoms. The second kappa shape index (κ2) is 2.86. The highest BCUT2D eigenvalue weighted by atomic mass is 32.2. The van der Waals surface area contributed by atoms with Gasteiger partial charge in [0.15, 0.2) is 0 Å². The molecule has 2 N–H and O–H groups in total. The number of nitrogens with one attached hydrogen (secondary N) is 1. The van der Waals surface area contributed by atoms with Gasteiger partial charge in [0.1, 0.15) is 5.69 Å². The second-order valence-electron chi connectivity index (χ2n) is 2.78. The average Bonchev–Trinajstić information content (AvgIpc) is 2.47. The van der Waals surface area contributed by atoms with E-state index in [-0.39, 0.29) is 0 Å². The van der Waals surface area contributed by atoms with E-state index in [1.807, 2.05) is 18.0 Å². The Balaban J connectivity index is 2.44. The van der Waals surface area contributed by atoms with Crippen molar-refractivity contribution in [1.82, 2.24) is 4.98 Å². The van der Waals surface area contributed by atoms with Crippen LogP contribution in [-0.2, 0) is 12.2 Å². The molecule has 0 aromatic carbocycles. The van der Waals surface area contributed by atoms with Crippen LogP contribution in [0.2, 0.25) is 0 Å². The van der Waals surface area contributed by atoms with Crippen molar-refractivity contribution in [1.29, 1.82) is 0 Å². The molecule has 0 atom stereocenters. The van der Waals surface area contributed by atoms with Gasteiger partial charge in [-0.1, -0.05) is 0 Å². The van der Waals surface area contributed by atoms with Gasteiger partial charge < -0.3 is 10.1 Å². The van der Waals surface area contributed by atoms with E-state index in [9.17, 15) is 4.79 Å². The minimum absolute atomic E-state index is 0.380. The van der Waals surface area contributed by atoms with Gasteiger partial charge in [-0.3, -0.25) is 0 Å². The molecule has 0 aliphatic carbocycles. The third-order valence-electron chi connectivity index (χ3n) is 2.05. The summed E-state index contributed by atoms with van der Waals surface area (Å²) in [4.78, 5) is 13.5.